The second-order valence-electron chi connectivity index (χ2n) is 19.2. The maximum absolute atomic E-state index is 14.9. The minimum atomic E-state index is -1.56. The number of nitrogens with zero attached hydrogens (tertiary/aromatic N) is 7. The van der Waals surface area contributed by atoms with Crippen molar-refractivity contribution in [2.45, 2.75) is 116 Å². The molecule has 0 atom stereocenters. The van der Waals surface area contributed by atoms with Crippen LogP contribution in [0, 0.1) is 24.6 Å². The van der Waals surface area contributed by atoms with Crippen molar-refractivity contribution in [3.05, 3.63) is 80.8 Å². The summed E-state index contributed by atoms with van der Waals surface area (Å²) < 4.78 is 29.9. The lowest BCUT2D eigenvalue weighted by atomic mass is 10.2. The number of carbonyl (C=O) groups is 2. The van der Waals surface area contributed by atoms with Gasteiger partial charge >= 0.3 is 5.97 Å². The van der Waals surface area contributed by atoms with Crippen LogP contribution in [0.3, 0.4) is 0 Å². The number of carboxylic acids is 1. The Morgan fingerprint density at radius 3 is 2.39 bits per heavy atom. The van der Waals surface area contributed by atoms with Gasteiger partial charge in [-0.3, -0.25) is 14.3 Å². The molecule has 3 aromatic heterocycles. The molecule has 0 fully saturated rings. The molecule has 0 unspecified atom stereocenters. The highest BCUT2D eigenvalue weighted by Crippen LogP contribution is 2.40. The van der Waals surface area contributed by atoms with Crippen molar-refractivity contribution in [3.8, 4) is 17.6 Å². The van der Waals surface area contributed by atoms with Crippen LogP contribution in [0.1, 0.15) is 72.9 Å². The number of aromatic nitrogens is 4. The number of fused-ring (bicyclic) bond motifs is 1. The average Bonchev–Trinajstić information content (AvgIpc) is 3.78. The van der Waals surface area contributed by atoms with Gasteiger partial charge in [0.05, 0.1) is 31.4 Å². The van der Waals surface area contributed by atoms with E-state index in [4.69, 9.17) is 14.5 Å². The summed E-state index contributed by atoms with van der Waals surface area (Å²) in [6, 6.07) is 16.6. The summed E-state index contributed by atoms with van der Waals surface area (Å²) in [5.74, 6) is 4.66. The fraction of sp³-hybridized carbons (Fsp3) is 0.489. The number of carbonyl (C=O) groups excluding carboxylic acids is 1. The first kappa shape index (κ1) is 50.4. The van der Waals surface area contributed by atoms with Crippen LogP contribution in [0.25, 0.3) is 10.2 Å². The number of aryl methyl sites for hydroxylation is 2. The Hall–Kier alpha value is -4.58. The third-order valence-electron chi connectivity index (χ3n) is 11.3. The van der Waals surface area contributed by atoms with Gasteiger partial charge in [0.1, 0.15) is 6.73 Å². The van der Waals surface area contributed by atoms with Crippen molar-refractivity contribution in [3.63, 3.8) is 0 Å². The zero-order valence-electron chi connectivity index (χ0n) is 39.3. The van der Waals surface area contributed by atoms with Crippen LogP contribution < -0.4 is 14.4 Å². The van der Waals surface area contributed by atoms with Crippen LogP contribution in [-0.2, 0) is 22.7 Å². The summed E-state index contributed by atoms with van der Waals surface area (Å²) in [6.45, 7) is 22.2. The molecule has 12 nitrogen and oxygen atoms in total. The molecule has 5 rings (SSSR count). The molecule has 2 aromatic carbocycles. The molecule has 1 amide bonds. The number of unbranched alkanes of at least 4 members (excludes halogenated alkanes) is 1. The van der Waals surface area contributed by atoms with Gasteiger partial charge in [0, 0.05) is 31.5 Å². The van der Waals surface area contributed by atoms with E-state index in [1.54, 1.807) is 18.2 Å². The second kappa shape index (κ2) is 22.1. The normalized spacial score (nSPS) is 12.5. The van der Waals surface area contributed by atoms with Crippen molar-refractivity contribution < 1.29 is 28.6 Å². The number of benzene rings is 2. The van der Waals surface area contributed by atoms with Crippen molar-refractivity contribution in [1.82, 2.24) is 24.6 Å². The first-order valence-corrected chi connectivity index (χ1v) is 30.4. The number of para-hydroxylation sites is 1. The lowest BCUT2D eigenvalue weighted by Crippen LogP contribution is -2.36. The molecule has 0 saturated carbocycles. The summed E-state index contributed by atoms with van der Waals surface area (Å²) in [7, 11) is 0.987. The van der Waals surface area contributed by atoms with Gasteiger partial charge in [0.15, 0.2) is 38.8 Å². The molecule has 344 valence electrons. The Bertz CT molecular complexity index is 2550. The van der Waals surface area contributed by atoms with Crippen LogP contribution in [-0.4, -0.2) is 91.6 Å². The number of rotatable bonds is 20. The van der Waals surface area contributed by atoms with Crippen LogP contribution in [0.5, 0.6) is 5.75 Å². The zero-order valence-corrected chi connectivity index (χ0v) is 42.9. The highest BCUT2D eigenvalue weighted by Gasteiger charge is 2.34. The van der Waals surface area contributed by atoms with E-state index in [2.05, 4.69) is 86.6 Å². The number of hydrogen-bond acceptors (Lipinski definition) is 11. The predicted molar refractivity (Wildman–Crippen MR) is 264 cm³/mol. The number of halogens is 1. The quantitative estimate of drug-likeness (QED) is 0.0459. The first-order chi connectivity index (χ1) is 30.1. The second-order valence-corrected chi connectivity index (χ2v) is 32.7. The smallest absolute Gasteiger partial charge is 0.355 e. The summed E-state index contributed by atoms with van der Waals surface area (Å²) in [5, 5.41) is 19.8. The van der Waals surface area contributed by atoms with Gasteiger partial charge in [-0.25, -0.2) is 19.1 Å². The summed E-state index contributed by atoms with van der Waals surface area (Å²) in [5.41, 5.74) is 2.08. The molecule has 0 spiro atoms. The van der Waals surface area contributed by atoms with Crippen molar-refractivity contribution in [1.29, 1.82) is 0 Å². The molecule has 0 radical (unpaired) electrons. The van der Waals surface area contributed by atoms with E-state index in [-0.39, 0.29) is 52.8 Å². The number of aromatic carboxylic acids is 1. The minimum Gasteiger partial charge on any atom is -0.491 e. The number of amides is 1. The SMILES string of the molecule is Cc1cc(N(C(=O)CCCC[Si](C)(C)C(C)(C)C)c2nc(C(=O)O)c(CCCOc3ccc(C#CCN(C)C)cc3F)s2)nnc1N=c1sc2ccccc2n1COCC[Si](C)(C)C. The lowest BCUT2D eigenvalue weighted by Gasteiger charge is -2.37. The molecule has 0 aliphatic heterocycles. The van der Waals surface area contributed by atoms with Gasteiger partial charge < -0.3 is 14.6 Å². The Balaban J connectivity index is 1.41. The lowest BCUT2D eigenvalue weighted by molar-refractivity contribution is -0.118. The number of anilines is 2. The van der Waals surface area contributed by atoms with E-state index in [9.17, 15) is 19.1 Å². The Labute approximate surface area is 387 Å². The van der Waals surface area contributed by atoms with E-state index in [0.29, 0.717) is 59.3 Å². The molecule has 17 heteroatoms. The van der Waals surface area contributed by atoms with Gasteiger partial charge in [-0.05, 0) is 93.3 Å². The molecule has 1 N–H and O–H groups in total. The van der Waals surface area contributed by atoms with Gasteiger partial charge in [-0.1, -0.05) is 101 Å². The predicted octanol–water partition coefficient (Wildman–Crippen LogP) is 10.9. The highest BCUT2D eigenvalue weighted by atomic mass is 32.1. The molecule has 3 heterocycles. The maximum atomic E-state index is 14.9. The first-order valence-electron chi connectivity index (χ1n) is 21.8. The van der Waals surface area contributed by atoms with E-state index in [1.165, 1.54) is 22.3 Å². The van der Waals surface area contributed by atoms with Gasteiger partial charge in [-0.15, -0.1) is 21.5 Å². The molecular weight excluding hydrogens is 882 g/mol. The molecule has 0 aliphatic rings. The van der Waals surface area contributed by atoms with Gasteiger partial charge in [-0.2, -0.15) is 4.99 Å². The van der Waals surface area contributed by atoms with Crippen molar-refractivity contribution in [2.24, 2.45) is 4.99 Å². The molecule has 5 aromatic rings. The van der Waals surface area contributed by atoms with Gasteiger partial charge in [0.2, 0.25) is 5.91 Å². The topological polar surface area (TPSA) is 135 Å². The molecule has 0 bridgehead atoms. The van der Waals surface area contributed by atoms with Crippen molar-refractivity contribution >= 4 is 77.7 Å². The van der Waals surface area contributed by atoms with E-state index >= 15 is 0 Å². The van der Waals surface area contributed by atoms with Crippen LogP contribution in [0.4, 0.5) is 21.2 Å². The fourth-order valence-electron chi connectivity index (χ4n) is 6.38. The number of carboxylic acid groups (broad SMARTS) is 1. The van der Waals surface area contributed by atoms with E-state index < -0.39 is 27.9 Å². The molecule has 64 heavy (non-hydrogen) atoms. The molecule has 0 saturated heterocycles. The van der Waals surface area contributed by atoms with Gasteiger partial charge in [0.25, 0.3) is 0 Å². The van der Waals surface area contributed by atoms with Crippen LogP contribution >= 0.6 is 22.7 Å². The zero-order chi connectivity index (χ0) is 46.8. The molecule has 0 aliphatic carbocycles. The Morgan fingerprint density at radius 2 is 1.72 bits per heavy atom. The summed E-state index contributed by atoms with van der Waals surface area (Å²) in [4.78, 5) is 40.9. The third kappa shape index (κ3) is 14.0. The van der Waals surface area contributed by atoms with Crippen molar-refractivity contribution in [2.75, 3.05) is 38.8 Å². The Kier molecular flexibility index (Phi) is 17.4. The van der Waals surface area contributed by atoms with Crippen LogP contribution in [0.15, 0.2) is 53.5 Å². The fourth-order valence-corrected chi connectivity index (χ4v) is 11.2. The summed E-state index contributed by atoms with van der Waals surface area (Å²) in [6.07, 6.45) is 2.44. The molecular formula is C47H64FN7O5S2Si2. The standard InChI is InChI=1S/C47H64FN7O5S2Si2/c1-33-30-40(51-52-43(33)50-45-54(32-59-27-29-63(7,8)9)36-19-12-13-20-38(36)61-45)55(41(56)22-14-15-28-64(10,11)47(2,3)4)46-49-42(44(57)58)39(62-46)21-17-26-60-37-24-23-34(31-35(37)48)18-16-25-53(5)6/h12-13,19-20,23-24,30-31H,14-15,17,21-22,25-29,32H2,1-11H3,(H,57,58). The average molecular weight is 946 g/mol. The third-order valence-corrected chi connectivity index (χ3v) is 20.9. The minimum absolute atomic E-state index is 0.0871. The maximum Gasteiger partial charge on any atom is 0.355 e. The number of ether oxygens (including phenoxy) is 2. The highest BCUT2D eigenvalue weighted by molar-refractivity contribution is 7.16. The van der Waals surface area contributed by atoms with E-state index in [0.717, 1.165) is 40.1 Å². The number of thiazole rings is 2. The van der Waals surface area contributed by atoms with E-state index in [1.807, 2.05) is 48.7 Å². The number of hydrogen-bond donors (Lipinski definition) is 1. The monoisotopic (exact) mass is 945 g/mol. The summed E-state index contributed by atoms with van der Waals surface area (Å²) >= 11 is 2.66. The largest absolute Gasteiger partial charge is 0.491 e. The Morgan fingerprint density at radius 1 is 0.969 bits per heavy atom. The van der Waals surface area contributed by atoms with Crippen LogP contribution in [0.2, 0.25) is 49.9 Å².